The van der Waals surface area contributed by atoms with Gasteiger partial charge in [-0.2, -0.15) is 0 Å². The van der Waals surface area contributed by atoms with Gasteiger partial charge in [0.1, 0.15) is 0 Å². The number of pyridine rings is 1. The Morgan fingerprint density at radius 2 is 2.20 bits per heavy atom. The standard InChI is InChI=1S/C11H16FN3/c12-8-4-3-7-14-11(8)15-10-6-2-1-5-9(10)13/h3-4,7,9-10H,1-2,5-6,13H2,(H,14,15)/t9-,10-/m0/s1. The van der Waals surface area contributed by atoms with Crippen LogP contribution in [0.2, 0.25) is 0 Å². The van der Waals surface area contributed by atoms with Crippen molar-refractivity contribution < 1.29 is 4.39 Å². The van der Waals surface area contributed by atoms with Crippen LogP contribution in [0, 0.1) is 5.82 Å². The van der Waals surface area contributed by atoms with Crippen molar-refractivity contribution in [3.8, 4) is 0 Å². The van der Waals surface area contributed by atoms with Gasteiger partial charge in [-0.25, -0.2) is 9.37 Å². The van der Waals surface area contributed by atoms with E-state index in [2.05, 4.69) is 10.3 Å². The second-order valence-electron chi connectivity index (χ2n) is 4.03. The van der Waals surface area contributed by atoms with Gasteiger partial charge < -0.3 is 11.1 Å². The van der Waals surface area contributed by atoms with Crippen LogP contribution in [0.4, 0.5) is 10.2 Å². The van der Waals surface area contributed by atoms with E-state index in [1.54, 1.807) is 12.3 Å². The Kier molecular flexibility index (Phi) is 3.16. The Bertz CT molecular complexity index is 329. The molecule has 4 heteroatoms. The van der Waals surface area contributed by atoms with E-state index < -0.39 is 0 Å². The van der Waals surface area contributed by atoms with Gasteiger partial charge in [-0.1, -0.05) is 12.8 Å². The fourth-order valence-corrected chi connectivity index (χ4v) is 2.01. The van der Waals surface area contributed by atoms with E-state index in [4.69, 9.17) is 5.73 Å². The Hall–Kier alpha value is -1.16. The van der Waals surface area contributed by atoms with E-state index in [0.717, 1.165) is 19.3 Å². The Balaban J connectivity index is 2.04. The van der Waals surface area contributed by atoms with Crippen LogP contribution in [0.15, 0.2) is 18.3 Å². The quantitative estimate of drug-likeness (QED) is 0.782. The summed E-state index contributed by atoms with van der Waals surface area (Å²) in [5, 5.41) is 3.09. The Morgan fingerprint density at radius 1 is 1.40 bits per heavy atom. The lowest BCUT2D eigenvalue weighted by Gasteiger charge is -2.29. The van der Waals surface area contributed by atoms with Crippen LogP contribution in [-0.4, -0.2) is 17.1 Å². The lowest BCUT2D eigenvalue weighted by Crippen LogP contribution is -2.42. The molecule has 1 heterocycles. The molecule has 0 spiro atoms. The maximum Gasteiger partial charge on any atom is 0.165 e. The summed E-state index contributed by atoms with van der Waals surface area (Å²) in [5.74, 6) is 0.00937. The maximum atomic E-state index is 13.3. The van der Waals surface area contributed by atoms with Crippen molar-refractivity contribution >= 4 is 5.82 Å². The van der Waals surface area contributed by atoms with Gasteiger partial charge in [-0.15, -0.1) is 0 Å². The number of anilines is 1. The zero-order chi connectivity index (χ0) is 10.7. The molecule has 0 aromatic carbocycles. The third kappa shape index (κ3) is 2.45. The van der Waals surface area contributed by atoms with Crippen LogP contribution in [-0.2, 0) is 0 Å². The normalized spacial score (nSPS) is 26.3. The minimum atomic E-state index is -0.310. The molecule has 1 aromatic rings. The average molecular weight is 209 g/mol. The molecular weight excluding hydrogens is 193 g/mol. The van der Waals surface area contributed by atoms with E-state index in [9.17, 15) is 4.39 Å². The third-order valence-electron chi connectivity index (χ3n) is 2.90. The van der Waals surface area contributed by atoms with Gasteiger partial charge in [-0.3, -0.25) is 0 Å². The molecule has 2 atom stereocenters. The van der Waals surface area contributed by atoms with E-state index in [-0.39, 0.29) is 17.9 Å². The molecule has 2 rings (SSSR count). The summed E-state index contributed by atoms with van der Waals surface area (Å²) < 4.78 is 13.3. The summed E-state index contributed by atoms with van der Waals surface area (Å²) in [6.07, 6.45) is 5.91. The van der Waals surface area contributed by atoms with Crippen molar-refractivity contribution in [3.63, 3.8) is 0 Å². The van der Waals surface area contributed by atoms with Gasteiger partial charge >= 0.3 is 0 Å². The fraction of sp³-hybridized carbons (Fsp3) is 0.545. The number of halogens is 1. The van der Waals surface area contributed by atoms with Gasteiger partial charge in [0.25, 0.3) is 0 Å². The van der Waals surface area contributed by atoms with Crippen molar-refractivity contribution in [2.45, 2.75) is 37.8 Å². The number of nitrogens with zero attached hydrogens (tertiary/aromatic N) is 1. The zero-order valence-electron chi connectivity index (χ0n) is 8.62. The molecule has 82 valence electrons. The van der Waals surface area contributed by atoms with Gasteiger partial charge in [0, 0.05) is 18.3 Å². The molecule has 0 unspecified atom stereocenters. The number of hydrogen-bond acceptors (Lipinski definition) is 3. The van der Waals surface area contributed by atoms with Crippen LogP contribution in [0.5, 0.6) is 0 Å². The highest BCUT2D eigenvalue weighted by Crippen LogP contribution is 2.21. The highest BCUT2D eigenvalue weighted by Gasteiger charge is 2.22. The van der Waals surface area contributed by atoms with E-state index in [1.807, 2.05) is 0 Å². The Labute approximate surface area is 88.9 Å². The first-order chi connectivity index (χ1) is 7.27. The maximum absolute atomic E-state index is 13.3. The lowest BCUT2D eigenvalue weighted by molar-refractivity contribution is 0.402. The molecule has 0 radical (unpaired) electrons. The summed E-state index contributed by atoms with van der Waals surface area (Å²) >= 11 is 0. The molecular formula is C11H16FN3. The smallest absolute Gasteiger partial charge is 0.165 e. The third-order valence-corrected chi connectivity index (χ3v) is 2.90. The number of aromatic nitrogens is 1. The van der Waals surface area contributed by atoms with E-state index in [1.165, 1.54) is 12.5 Å². The van der Waals surface area contributed by atoms with Crippen LogP contribution < -0.4 is 11.1 Å². The first kappa shape index (κ1) is 10.4. The predicted molar refractivity (Wildman–Crippen MR) is 58.0 cm³/mol. The van der Waals surface area contributed by atoms with E-state index in [0.29, 0.717) is 5.82 Å². The molecule has 3 N–H and O–H groups in total. The van der Waals surface area contributed by atoms with Gasteiger partial charge in [0.15, 0.2) is 11.6 Å². The minimum absolute atomic E-state index is 0.111. The average Bonchev–Trinajstić information content (AvgIpc) is 2.24. The number of nitrogens with one attached hydrogen (secondary N) is 1. The molecule has 1 saturated carbocycles. The summed E-state index contributed by atoms with van der Waals surface area (Å²) in [4.78, 5) is 3.97. The zero-order valence-corrected chi connectivity index (χ0v) is 8.62. The van der Waals surface area contributed by atoms with Gasteiger partial charge in [0.05, 0.1) is 0 Å². The summed E-state index contributed by atoms with van der Waals surface area (Å²) in [6.45, 7) is 0. The second kappa shape index (κ2) is 4.57. The molecule has 1 aromatic heterocycles. The van der Waals surface area contributed by atoms with Crippen molar-refractivity contribution in [2.24, 2.45) is 5.73 Å². The first-order valence-corrected chi connectivity index (χ1v) is 5.40. The number of nitrogens with two attached hydrogens (primary N) is 1. The molecule has 0 bridgehead atoms. The molecule has 1 aliphatic carbocycles. The monoisotopic (exact) mass is 209 g/mol. The molecule has 15 heavy (non-hydrogen) atoms. The highest BCUT2D eigenvalue weighted by atomic mass is 19.1. The fourth-order valence-electron chi connectivity index (χ4n) is 2.01. The van der Waals surface area contributed by atoms with Crippen LogP contribution in [0.3, 0.4) is 0 Å². The van der Waals surface area contributed by atoms with Crippen molar-refractivity contribution in [2.75, 3.05) is 5.32 Å². The number of hydrogen-bond donors (Lipinski definition) is 2. The molecule has 0 saturated heterocycles. The summed E-state index contributed by atoms with van der Waals surface area (Å²) in [6, 6.07) is 3.26. The SMILES string of the molecule is N[C@H]1CCCC[C@@H]1Nc1ncccc1F. The molecule has 3 nitrogen and oxygen atoms in total. The molecule has 1 aliphatic rings. The minimum Gasteiger partial charge on any atom is -0.363 e. The largest absolute Gasteiger partial charge is 0.363 e. The summed E-state index contributed by atoms with van der Waals surface area (Å²) in [7, 11) is 0. The van der Waals surface area contributed by atoms with E-state index >= 15 is 0 Å². The second-order valence-corrected chi connectivity index (χ2v) is 4.03. The summed E-state index contributed by atoms with van der Waals surface area (Å²) in [5.41, 5.74) is 5.96. The highest BCUT2D eigenvalue weighted by molar-refractivity contribution is 5.37. The molecule has 0 amide bonds. The first-order valence-electron chi connectivity index (χ1n) is 5.40. The van der Waals surface area contributed by atoms with Crippen LogP contribution in [0.25, 0.3) is 0 Å². The molecule has 0 aliphatic heterocycles. The van der Waals surface area contributed by atoms with Gasteiger partial charge in [0.2, 0.25) is 0 Å². The van der Waals surface area contributed by atoms with Crippen molar-refractivity contribution in [3.05, 3.63) is 24.1 Å². The van der Waals surface area contributed by atoms with Crippen LogP contribution in [0.1, 0.15) is 25.7 Å². The topological polar surface area (TPSA) is 50.9 Å². The Morgan fingerprint density at radius 3 is 2.93 bits per heavy atom. The molecule has 1 fully saturated rings. The lowest BCUT2D eigenvalue weighted by atomic mass is 9.91. The van der Waals surface area contributed by atoms with Crippen molar-refractivity contribution in [1.29, 1.82) is 0 Å². The van der Waals surface area contributed by atoms with Gasteiger partial charge in [-0.05, 0) is 25.0 Å². The van der Waals surface area contributed by atoms with Crippen molar-refractivity contribution in [1.82, 2.24) is 4.98 Å². The van der Waals surface area contributed by atoms with Crippen LogP contribution >= 0.6 is 0 Å². The predicted octanol–water partition coefficient (Wildman–Crippen LogP) is 1.90. The number of rotatable bonds is 2.